The number of nitrogens with zero attached hydrogens (tertiary/aromatic N) is 3. The molecule has 0 amide bonds. The minimum atomic E-state index is -0.855. The molecule has 1 N–H and O–H groups in total. The van der Waals surface area contributed by atoms with E-state index in [2.05, 4.69) is 14.3 Å². The number of rotatable bonds is 5. The van der Waals surface area contributed by atoms with Crippen molar-refractivity contribution >= 4 is 8.45 Å². The number of aryl methyl sites for hydroxylation is 1. The molecule has 1 aromatic rings. The third-order valence-electron chi connectivity index (χ3n) is 5.52. The third-order valence-corrected chi connectivity index (χ3v) is 7.74. The van der Waals surface area contributed by atoms with E-state index in [-0.39, 0.29) is 24.7 Å². The fourth-order valence-electron chi connectivity index (χ4n) is 3.96. The molecular formula is C18H29N4O4P. The Hall–Kier alpha value is -1.05. The molecule has 3 atom stereocenters. The maximum atomic E-state index is 12.2. The van der Waals surface area contributed by atoms with Crippen LogP contribution in [-0.4, -0.2) is 57.3 Å². The highest BCUT2D eigenvalue weighted by Gasteiger charge is 2.40. The highest BCUT2D eigenvalue weighted by atomic mass is 31.2. The molecule has 3 aliphatic rings. The van der Waals surface area contributed by atoms with E-state index in [1.807, 2.05) is 0 Å². The smallest absolute Gasteiger partial charge is 0.330 e. The maximum Gasteiger partial charge on any atom is 0.330 e. The molecule has 150 valence electrons. The van der Waals surface area contributed by atoms with E-state index in [4.69, 9.17) is 10.6 Å². The fraction of sp³-hybridized carbons (Fsp3) is 0.778. The first-order valence-corrected chi connectivity index (χ1v) is 11.0. The minimum absolute atomic E-state index is 0.0847. The Kier molecular flexibility index (Phi) is 5.42. The highest BCUT2D eigenvalue weighted by molar-refractivity contribution is 7.47. The van der Waals surface area contributed by atoms with Crippen LogP contribution in [0.2, 0.25) is 0 Å². The molecule has 3 saturated heterocycles. The van der Waals surface area contributed by atoms with Crippen molar-refractivity contribution in [2.24, 2.45) is 0 Å². The van der Waals surface area contributed by atoms with Crippen LogP contribution in [-0.2, 0) is 9.26 Å². The lowest BCUT2D eigenvalue weighted by molar-refractivity contribution is -0.00694. The van der Waals surface area contributed by atoms with Crippen molar-refractivity contribution < 1.29 is 10.6 Å². The van der Waals surface area contributed by atoms with Gasteiger partial charge in [-0.3, -0.25) is 14.3 Å². The van der Waals surface area contributed by atoms with E-state index in [9.17, 15) is 9.59 Å². The van der Waals surface area contributed by atoms with Crippen LogP contribution in [0.1, 0.15) is 52.2 Å². The number of ether oxygens (including phenoxy) is 1. The predicted molar refractivity (Wildman–Crippen MR) is 104 cm³/mol. The summed E-state index contributed by atoms with van der Waals surface area (Å²) in [6, 6.07) is 0. The molecule has 0 spiro atoms. The van der Waals surface area contributed by atoms with Crippen LogP contribution in [0.4, 0.5) is 0 Å². The standard InChI is InChI=1S/C18H29N4O4P/c1-13-12-22(18(24)19-17(13)23)16-11-15(14(2)25-16)26-27(20-7-3-4-8-20)21-9-5-6-10-21/h12,14-16H,3-11H2,1-2H3,(H,19,23,24)/t14-,15-,16-/m1/s1/i2D. The fourth-order valence-corrected chi connectivity index (χ4v) is 6.30. The van der Waals surface area contributed by atoms with E-state index in [1.54, 1.807) is 13.1 Å². The second-order valence-electron chi connectivity index (χ2n) is 7.56. The largest absolute Gasteiger partial charge is 0.352 e. The molecule has 1 aromatic heterocycles. The molecule has 0 unspecified atom stereocenters. The molecule has 3 fully saturated rings. The second kappa shape index (κ2) is 8.13. The maximum absolute atomic E-state index is 12.2. The van der Waals surface area contributed by atoms with E-state index in [0.29, 0.717) is 12.0 Å². The Morgan fingerprint density at radius 1 is 1.19 bits per heavy atom. The molecule has 0 aromatic carbocycles. The quantitative estimate of drug-likeness (QED) is 0.765. The summed E-state index contributed by atoms with van der Waals surface area (Å²) in [6.45, 7) is 5.99. The van der Waals surface area contributed by atoms with Gasteiger partial charge in [0, 0.05) is 45.7 Å². The van der Waals surface area contributed by atoms with Gasteiger partial charge in [0.1, 0.15) is 6.23 Å². The zero-order valence-corrected chi connectivity index (χ0v) is 16.7. The summed E-state index contributed by atoms with van der Waals surface area (Å²) >= 11 is 0. The van der Waals surface area contributed by atoms with Gasteiger partial charge in [0.2, 0.25) is 0 Å². The number of hydrogen-bond donors (Lipinski definition) is 1. The lowest BCUT2D eigenvalue weighted by atomic mass is 10.2. The summed E-state index contributed by atoms with van der Waals surface area (Å²) in [5, 5.41) is 0. The van der Waals surface area contributed by atoms with E-state index >= 15 is 0 Å². The van der Waals surface area contributed by atoms with Crippen molar-refractivity contribution in [3.8, 4) is 0 Å². The summed E-state index contributed by atoms with van der Waals surface area (Å²) in [6.07, 6.45) is 5.74. The normalized spacial score (nSPS) is 30.4. The van der Waals surface area contributed by atoms with Crippen LogP contribution in [0.3, 0.4) is 0 Å². The molecular weight excluding hydrogens is 367 g/mol. The van der Waals surface area contributed by atoms with Crippen molar-refractivity contribution in [1.29, 1.82) is 0 Å². The average Bonchev–Trinajstić information content (AvgIpc) is 3.44. The van der Waals surface area contributed by atoms with E-state index < -0.39 is 20.4 Å². The SMILES string of the molecule is [2H]C[C@H]1O[C@@H](n2cc(C)c(=O)[nH]c2=O)C[C@H]1OP(N1CCCC1)N1CCCC1. The van der Waals surface area contributed by atoms with Crippen molar-refractivity contribution in [2.45, 2.75) is 64.4 Å². The Morgan fingerprint density at radius 3 is 2.41 bits per heavy atom. The van der Waals surface area contributed by atoms with Crippen LogP contribution in [0.5, 0.6) is 0 Å². The van der Waals surface area contributed by atoms with Gasteiger partial charge < -0.3 is 9.26 Å². The van der Waals surface area contributed by atoms with Crippen LogP contribution >= 0.6 is 8.45 Å². The van der Waals surface area contributed by atoms with Gasteiger partial charge >= 0.3 is 5.69 Å². The number of aromatic amines is 1. The van der Waals surface area contributed by atoms with Gasteiger partial charge in [-0.15, -0.1) is 0 Å². The molecule has 8 nitrogen and oxygen atoms in total. The summed E-state index contributed by atoms with van der Waals surface area (Å²) in [7, 11) is -0.855. The van der Waals surface area contributed by atoms with Crippen molar-refractivity contribution in [3.63, 3.8) is 0 Å². The molecule has 0 aliphatic carbocycles. The van der Waals surface area contributed by atoms with Crippen molar-refractivity contribution in [1.82, 2.24) is 18.9 Å². The van der Waals surface area contributed by atoms with Crippen LogP contribution in [0.25, 0.3) is 0 Å². The molecule has 0 radical (unpaired) electrons. The lowest BCUT2D eigenvalue weighted by Crippen LogP contribution is -2.33. The van der Waals surface area contributed by atoms with Gasteiger partial charge in [-0.05, 0) is 39.5 Å². The summed E-state index contributed by atoms with van der Waals surface area (Å²) in [4.78, 5) is 26.2. The summed E-state index contributed by atoms with van der Waals surface area (Å²) < 4.78 is 26.9. The van der Waals surface area contributed by atoms with Gasteiger partial charge in [-0.2, -0.15) is 0 Å². The van der Waals surface area contributed by atoms with Crippen molar-refractivity contribution in [3.05, 3.63) is 32.6 Å². The lowest BCUT2D eigenvalue weighted by Gasteiger charge is -2.35. The Labute approximate surface area is 161 Å². The summed E-state index contributed by atoms with van der Waals surface area (Å²) in [5.74, 6) is 0. The Bertz CT molecular complexity index is 775. The van der Waals surface area contributed by atoms with Gasteiger partial charge in [-0.25, -0.2) is 14.1 Å². The molecule has 0 saturated carbocycles. The van der Waals surface area contributed by atoms with Crippen LogP contribution in [0, 0.1) is 6.92 Å². The Balaban J connectivity index is 1.52. The first kappa shape index (κ1) is 18.0. The number of nitrogens with one attached hydrogen (secondary N) is 1. The van der Waals surface area contributed by atoms with E-state index in [0.717, 1.165) is 26.2 Å². The predicted octanol–water partition coefficient (Wildman–Crippen LogP) is 1.96. The summed E-state index contributed by atoms with van der Waals surface area (Å²) in [5.41, 5.74) is -0.395. The first-order valence-electron chi connectivity index (χ1n) is 10.5. The number of hydrogen-bond acceptors (Lipinski definition) is 6. The van der Waals surface area contributed by atoms with Gasteiger partial charge in [0.25, 0.3) is 5.56 Å². The average molecular weight is 397 g/mol. The molecule has 27 heavy (non-hydrogen) atoms. The zero-order chi connectivity index (χ0) is 19.7. The Morgan fingerprint density at radius 2 is 1.81 bits per heavy atom. The number of H-pyrrole nitrogens is 1. The van der Waals surface area contributed by atoms with Gasteiger partial charge in [0.05, 0.1) is 12.2 Å². The zero-order valence-electron chi connectivity index (χ0n) is 16.8. The first-order chi connectivity index (χ1) is 13.6. The van der Waals surface area contributed by atoms with Crippen molar-refractivity contribution in [2.75, 3.05) is 26.2 Å². The van der Waals surface area contributed by atoms with Crippen LogP contribution < -0.4 is 11.2 Å². The molecule has 4 heterocycles. The number of aromatic nitrogens is 2. The third kappa shape index (κ3) is 4.05. The molecule has 0 bridgehead atoms. The van der Waals surface area contributed by atoms with Gasteiger partial charge in [-0.1, -0.05) is 0 Å². The highest BCUT2D eigenvalue weighted by Crippen LogP contribution is 2.52. The van der Waals surface area contributed by atoms with Crippen LogP contribution in [0.15, 0.2) is 15.8 Å². The minimum Gasteiger partial charge on any atom is -0.352 e. The monoisotopic (exact) mass is 397 g/mol. The second-order valence-corrected chi connectivity index (χ2v) is 9.41. The van der Waals surface area contributed by atoms with E-state index in [1.165, 1.54) is 30.3 Å². The molecule has 4 rings (SSSR count). The molecule has 3 aliphatic heterocycles. The molecule has 9 heteroatoms. The topological polar surface area (TPSA) is 79.8 Å². The van der Waals surface area contributed by atoms with Gasteiger partial charge in [0.15, 0.2) is 8.45 Å².